The van der Waals surface area contributed by atoms with Crippen LogP contribution in [0.25, 0.3) is 0 Å². The molecule has 218 valence electrons. The monoisotopic (exact) mass is 592 g/mol. The van der Waals surface area contributed by atoms with Gasteiger partial charge in [-0.3, -0.25) is 0 Å². The summed E-state index contributed by atoms with van der Waals surface area (Å²) in [7, 11) is 0. The van der Waals surface area contributed by atoms with Gasteiger partial charge < -0.3 is 9.80 Å². The Bertz CT molecular complexity index is 1580. The van der Waals surface area contributed by atoms with E-state index in [9.17, 15) is 28.1 Å². The fourth-order valence-electron chi connectivity index (χ4n) is 4.66. The van der Waals surface area contributed by atoms with Crippen molar-refractivity contribution in [3.8, 4) is 12.1 Å². The number of anilines is 2. The second-order valence-corrected chi connectivity index (χ2v) is 10.0. The standard InChI is InChI=1S/C34H24F4N6/c35-27-9-1-23(2-10-27)19-43(20-24-3-11-28(36)12-4-24)33-31(17-39)42-34(32(18-40)41-33)44(21-25-5-13-29(37)14-6-25)22-26-7-15-30(38)16-8-26/h1-16H,19-22H2. The summed E-state index contributed by atoms with van der Waals surface area (Å²) < 4.78 is 54.5. The van der Waals surface area contributed by atoms with Crippen LogP contribution in [0.1, 0.15) is 33.6 Å². The number of halogens is 4. The van der Waals surface area contributed by atoms with E-state index in [0.29, 0.717) is 22.3 Å². The molecule has 4 aromatic carbocycles. The molecule has 0 aliphatic rings. The molecule has 10 heteroatoms. The Morgan fingerprint density at radius 2 is 0.659 bits per heavy atom. The molecule has 0 aliphatic heterocycles. The van der Waals surface area contributed by atoms with Gasteiger partial charge in [0.05, 0.1) is 0 Å². The van der Waals surface area contributed by atoms with Gasteiger partial charge in [-0.1, -0.05) is 48.5 Å². The number of hydrogen-bond donors (Lipinski definition) is 0. The first kappa shape index (κ1) is 29.7. The van der Waals surface area contributed by atoms with Crippen LogP contribution in [0.15, 0.2) is 97.1 Å². The van der Waals surface area contributed by atoms with Crippen molar-refractivity contribution in [1.29, 1.82) is 10.5 Å². The molecule has 0 unspecified atom stereocenters. The molecule has 0 saturated heterocycles. The molecule has 5 aromatic rings. The lowest BCUT2D eigenvalue weighted by Crippen LogP contribution is -2.28. The molecular formula is C34H24F4N6. The Hall–Kier alpha value is -5.74. The molecular weight excluding hydrogens is 568 g/mol. The summed E-state index contributed by atoms with van der Waals surface area (Å²) in [6, 6.07) is 27.5. The van der Waals surface area contributed by atoms with Crippen molar-refractivity contribution in [3.05, 3.63) is 154 Å². The van der Waals surface area contributed by atoms with E-state index in [1.807, 2.05) is 0 Å². The number of benzene rings is 4. The van der Waals surface area contributed by atoms with E-state index in [1.54, 1.807) is 58.3 Å². The zero-order valence-electron chi connectivity index (χ0n) is 23.3. The van der Waals surface area contributed by atoms with Crippen molar-refractivity contribution in [2.24, 2.45) is 0 Å². The van der Waals surface area contributed by atoms with Gasteiger partial charge in [0.2, 0.25) is 0 Å². The largest absolute Gasteiger partial charge is 0.346 e. The minimum Gasteiger partial charge on any atom is -0.346 e. The molecule has 1 heterocycles. The Morgan fingerprint density at radius 1 is 0.432 bits per heavy atom. The first-order chi connectivity index (χ1) is 21.3. The summed E-state index contributed by atoms with van der Waals surface area (Å²) in [6.45, 7) is 0.723. The lowest BCUT2D eigenvalue weighted by molar-refractivity contribution is 0.625. The Labute approximate surface area is 251 Å². The molecule has 5 rings (SSSR count). The maximum absolute atomic E-state index is 13.6. The molecule has 0 saturated carbocycles. The molecule has 0 aliphatic carbocycles. The van der Waals surface area contributed by atoms with Gasteiger partial charge in [-0.05, 0) is 70.8 Å². The van der Waals surface area contributed by atoms with Crippen molar-refractivity contribution in [2.45, 2.75) is 26.2 Å². The van der Waals surface area contributed by atoms with Crippen LogP contribution in [0.2, 0.25) is 0 Å². The van der Waals surface area contributed by atoms with Gasteiger partial charge in [0.1, 0.15) is 35.4 Å². The molecule has 1 aromatic heterocycles. The summed E-state index contributed by atoms with van der Waals surface area (Å²) in [5, 5.41) is 20.4. The predicted octanol–water partition coefficient (Wildman–Crippen LogP) is 7.19. The minimum atomic E-state index is -0.408. The topological polar surface area (TPSA) is 79.8 Å². The molecule has 0 radical (unpaired) electrons. The summed E-state index contributed by atoms with van der Waals surface area (Å²) in [4.78, 5) is 12.6. The molecule has 0 atom stereocenters. The Morgan fingerprint density at radius 3 is 0.864 bits per heavy atom. The zero-order valence-corrected chi connectivity index (χ0v) is 23.3. The average molecular weight is 593 g/mol. The van der Waals surface area contributed by atoms with Gasteiger partial charge >= 0.3 is 0 Å². The number of nitrogens with zero attached hydrogens (tertiary/aromatic N) is 6. The van der Waals surface area contributed by atoms with Crippen LogP contribution in [0, 0.1) is 45.9 Å². The van der Waals surface area contributed by atoms with Crippen LogP contribution in [0.3, 0.4) is 0 Å². The van der Waals surface area contributed by atoms with E-state index >= 15 is 0 Å². The highest BCUT2D eigenvalue weighted by Gasteiger charge is 2.24. The fraction of sp³-hybridized carbons (Fsp3) is 0.118. The van der Waals surface area contributed by atoms with Crippen molar-refractivity contribution in [1.82, 2.24) is 9.97 Å². The van der Waals surface area contributed by atoms with Crippen LogP contribution in [0.4, 0.5) is 29.2 Å². The molecule has 0 fully saturated rings. The third-order valence-corrected chi connectivity index (χ3v) is 6.82. The molecule has 0 bridgehead atoms. The molecule has 44 heavy (non-hydrogen) atoms. The third-order valence-electron chi connectivity index (χ3n) is 6.82. The van der Waals surface area contributed by atoms with Gasteiger partial charge in [-0.25, -0.2) is 27.5 Å². The number of aromatic nitrogens is 2. The van der Waals surface area contributed by atoms with E-state index in [0.717, 1.165) is 0 Å². The van der Waals surface area contributed by atoms with Crippen LogP contribution in [-0.2, 0) is 26.2 Å². The minimum absolute atomic E-state index is 0.0774. The van der Waals surface area contributed by atoms with E-state index in [-0.39, 0.29) is 49.2 Å². The number of nitriles is 2. The van der Waals surface area contributed by atoms with E-state index < -0.39 is 23.3 Å². The third kappa shape index (κ3) is 7.36. The van der Waals surface area contributed by atoms with E-state index in [1.165, 1.54) is 48.5 Å². The molecule has 0 spiro atoms. The summed E-state index contributed by atoms with van der Waals surface area (Å²) in [5.41, 5.74) is 2.66. The summed E-state index contributed by atoms with van der Waals surface area (Å²) >= 11 is 0. The van der Waals surface area contributed by atoms with Gasteiger partial charge in [-0.2, -0.15) is 10.5 Å². The van der Waals surface area contributed by atoms with Gasteiger partial charge in [0, 0.05) is 26.2 Å². The van der Waals surface area contributed by atoms with Gasteiger partial charge in [0.15, 0.2) is 23.0 Å². The summed E-state index contributed by atoms with van der Waals surface area (Å²) in [5.74, 6) is -1.40. The second-order valence-electron chi connectivity index (χ2n) is 10.0. The lowest BCUT2D eigenvalue weighted by Gasteiger charge is -2.28. The van der Waals surface area contributed by atoms with Gasteiger partial charge in [0.25, 0.3) is 0 Å². The van der Waals surface area contributed by atoms with Crippen LogP contribution in [-0.4, -0.2) is 9.97 Å². The Balaban J connectivity index is 1.58. The highest BCUT2D eigenvalue weighted by atomic mass is 19.1. The predicted molar refractivity (Wildman–Crippen MR) is 157 cm³/mol. The first-order valence-corrected chi connectivity index (χ1v) is 13.5. The van der Waals surface area contributed by atoms with Crippen LogP contribution in [0.5, 0.6) is 0 Å². The summed E-state index contributed by atoms with van der Waals surface area (Å²) in [6.07, 6.45) is 0. The first-order valence-electron chi connectivity index (χ1n) is 13.5. The number of hydrogen-bond acceptors (Lipinski definition) is 6. The smallest absolute Gasteiger partial charge is 0.185 e. The average Bonchev–Trinajstić information content (AvgIpc) is 3.04. The van der Waals surface area contributed by atoms with Gasteiger partial charge in [-0.15, -0.1) is 0 Å². The van der Waals surface area contributed by atoms with E-state index in [2.05, 4.69) is 22.1 Å². The maximum Gasteiger partial charge on any atom is 0.185 e. The van der Waals surface area contributed by atoms with Crippen molar-refractivity contribution >= 4 is 11.6 Å². The van der Waals surface area contributed by atoms with E-state index in [4.69, 9.17) is 0 Å². The van der Waals surface area contributed by atoms with Crippen molar-refractivity contribution in [3.63, 3.8) is 0 Å². The number of rotatable bonds is 10. The molecule has 0 amide bonds. The zero-order chi connectivity index (χ0) is 31.1. The highest BCUT2D eigenvalue weighted by molar-refractivity contribution is 5.61. The van der Waals surface area contributed by atoms with Crippen LogP contribution < -0.4 is 9.80 Å². The second kappa shape index (κ2) is 13.5. The van der Waals surface area contributed by atoms with Crippen molar-refractivity contribution < 1.29 is 17.6 Å². The SMILES string of the molecule is N#Cc1nc(N(Cc2ccc(F)cc2)Cc2ccc(F)cc2)c(C#N)nc1N(Cc1ccc(F)cc1)Cc1ccc(F)cc1. The highest BCUT2D eigenvalue weighted by Crippen LogP contribution is 2.28. The van der Waals surface area contributed by atoms with Crippen molar-refractivity contribution in [2.75, 3.05) is 9.80 Å². The molecule has 6 nitrogen and oxygen atoms in total. The van der Waals surface area contributed by atoms with Crippen LogP contribution >= 0.6 is 0 Å². The lowest BCUT2D eigenvalue weighted by atomic mass is 10.1. The normalized spacial score (nSPS) is 10.6. The fourth-order valence-corrected chi connectivity index (χ4v) is 4.66. The molecule has 0 N–H and O–H groups in total. The maximum atomic E-state index is 13.6. The quantitative estimate of drug-likeness (QED) is 0.160. The Kier molecular flexibility index (Phi) is 9.12.